The molecule has 2 aliphatic heterocycles. The molecule has 1 amide bonds. The number of fused-ring (bicyclic) bond motifs is 2. The summed E-state index contributed by atoms with van der Waals surface area (Å²) in [7, 11) is 0. The molecule has 23 heavy (non-hydrogen) atoms. The molecule has 0 aromatic heterocycles. The Hall–Kier alpha value is -3.41. The summed E-state index contributed by atoms with van der Waals surface area (Å²) in [4.78, 5) is 22.7. The molecule has 0 saturated heterocycles. The van der Waals surface area contributed by atoms with E-state index < -0.39 is 4.92 Å². The number of nitro benzene ring substituents is 1. The van der Waals surface area contributed by atoms with Crippen molar-refractivity contribution in [2.24, 2.45) is 0 Å². The molecule has 0 spiro atoms. The van der Waals surface area contributed by atoms with Crippen molar-refractivity contribution in [3.05, 3.63) is 75.5 Å². The quantitative estimate of drug-likeness (QED) is 0.480. The molecule has 2 N–H and O–H groups in total. The van der Waals surface area contributed by atoms with Crippen molar-refractivity contribution in [1.29, 1.82) is 0 Å². The predicted molar refractivity (Wildman–Crippen MR) is 87.7 cm³/mol. The first kappa shape index (κ1) is 13.3. The van der Waals surface area contributed by atoms with Crippen LogP contribution >= 0.6 is 0 Å². The van der Waals surface area contributed by atoms with Crippen LogP contribution < -0.4 is 10.6 Å². The molecule has 0 fully saturated rings. The van der Waals surface area contributed by atoms with Crippen LogP contribution in [0.3, 0.4) is 0 Å². The number of anilines is 2. The Labute approximate surface area is 131 Å². The van der Waals surface area contributed by atoms with Crippen molar-refractivity contribution in [3.63, 3.8) is 0 Å². The number of non-ortho nitro benzene ring substituents is 1. The van der Waals surface area contributed by atoms with E-state index in [2.05, 4.69) is 10.6 Å². The molecule has 0 bridgehead atoms. The minimum atomic E-state index is -0.428. The molecule has 0 atom stereocenters. The number of carbonyl (C=O) groups is 1. The number of nitrogens with zero attached hydrogens (tertiary/aromatic N) is 1. The molecule has 0 radical (unpaired) electrons. The summed E-state index contributed by atoms with van der Waals surface area (Å²) in [5.74, 6) is -0.163. The average molecular weight is 305 g/mol. The van der Waals surface area contributed by atoms with E-state index in [1.54, 1.807) is 18.2 Å². The lowest BCUT2D eigenvalue weighted by molar-refractivity contribution is -0.384. The van der Waals surface area contributed by atoms with E-state index in [0.717, 1.165) is 22.5 Å². The van der Waals surface area contributed by atoms with Gasteiger partial charge in [0.1, 0.15) is 0 Å². The van der Waals surface area contributed by atoms with Crippen molar-refractivity contribution in [1.82, 2.24) is 0 Å². The number of para-hydroxylation sites is 1. The minimum absolute atomic E-state index is 0.0373. The maximum absolute atomic E-state index is 12.3. The zero-order valence-electron chi connectivity index (χ0n) is 11.9. The molecule has 0 unspecified atom stereocenters. The van der Waals surface area contributed by atoms with E-state index in [4.69, 9.17) is 0 Å². The summed E-state index contributed by atoms with van der Waals surface area (Å²) in [6, 6.07) is 12.1. The van der Waals surface area contributed by atoms with Crippen LogP contribution in [0.1, 0.15) is 11.1 Å². The predicted octanol–water partition coefficient (Wildman–Crippen LogP) is 3.40. The molecule has 2 aliphatic rings. The maximum atomic E-state index is 12.3. The van der Waals surface area contributed by atoms with Crippen LogP contribution in [-0.4, -0.2) is 10.8 Å². The number of nitrogens with one attached hydrogen (secondary N) is 2. The summed E-state index contributed by atoms with van der Waals surface area (Å²) in [6.07, 6.45) is 3.54. The number of allylic oxidation sites excluding steroid dienone is 1. The van der Waals surface area contributed by atoms with E-state index in [-0.39, 0.29) is 11.6 Å². The molecular weight excluding hydrogens is 294 g/mol. The fourth-order valence-corrected chi connectivity index (χ4v) is 2.81. The first-order valence-electron chi connectivity index (χ1n) is 7.02. The van der Waals surface area contributed by atoms with Gasteiger partial charge in [-0.25, -0.2) is 0 Å². The normalized spacial score (nSPS) is 18.0. The number of rotatable bonds is 1. The van der Waals surface area contributed by atoms with Gasteiger partial charge < -0.3 is 10.6 Å². The SMILES string of the molecule is O=C1Nc2ccccc2C1=C1C=Cc2cc([N+](=O)[O-])ccc2N1. The smallest absolute Gasteiger partial charge is 0.270 e. The monoisotopic (exact) mass is 305 g/mol. The van der Waals surface area contributed by atoms with E-state index in [1.165, 1.54) is 12.1 Å². The Morgan fingerprint density at radius 3 is 2.61 bits per heavy atom. The van der Waals surface area contributed by atoms with Crippen LogP contribution in [-0.2, 0) is 4.79 Å². The second-order valence-electron chi connectivity index (χ2n) is 5.28. The van der Waals surface area contributed by atoms with Crippen molar-refractivity contribution < 1.29 is 9.72 Å². The third kappa shape index (κ3) is 2.08. The first-order valence-corrected chi connectivity index (χ1v) is 7.02. The standard InChI is InChI=1S/C17H11N3O3/c21-17-16(12-3-1-2-4-14(12)19-17)15-7-5-10-9-11(20(22)23)6-8-13(10)18-15/h1-9,18H,(H,19,21). The summed E-state index contributed by atoms with van der Waals surface area (Å²) < 4.78 is 0. The number of nitro groups is 1. The second-order valence-corrected chi connectivity index (χ2v) is 5.28. The van der Waals surface area contributed by atoms with Gasteiger partial charge in [-0.3, -0.25) is 14.9 Å². The highest BCUT2D eigenvalue weighted by Crippen LogP contribution is 2.37. The van der Waals surface area contributed by atoms with E-state index in [1.807, 2.05) is 24.3 Å². The summed E-state index contributed by atoms with van der Waals surface area (Å²) in [6.45, 7) is 0. The molecule has 4 rings (SSSR count). The minimum Gasteiger partial charge on any atom is -0.354 e. The van der Waals surface area contributed by atoms with Gasteiger partial charge in [-0.1, -0.05) is 24.3 Å². The highest BCUT2D eigenvalue weighted by Gasteiger charge is 2.27. The van der Waals surface area contributed by atoms with Gasteiger partial charge in [0.2, 0.25) is 0 Å². The number of carbonyl (C=O) groups excluding carboxylic acids is 1. The molecule has 112 valence electrons. The summed E-state index contributed by atoms with van der Waals surface area (Å²) in [5, 5.41) is 16.9. The zero-order chi connectivity index (χ0) is 16.0. The van der Waals surface area contributed by atoms with E-state index in [9.17, 15) is 14.9 Å². The largest absolute Gasteiger partial charge is 0.354 e. The van der Waals surface area contributed by atoms with Crippen LogP contribution in [0.2, 0.25) is 0 Å². The summed E-state index contributed by atoms with van der Waals surface area (Å²) in [5.41, 5.74) is 4.36. The van der Waals surface area contributed by atoms with Gasteiger partial charge in [-0.2, -0.15) is 0 Å². The molecular formula is C17H11N3O3. The van der Waals surface area contributed by atoms with Gasteiger partial charge in [-0.15, -0.1) is 0 Å². The van der Waals surface area contributed by atoms with Crippen molar-refractivity contribution in [2.45, 2.75) is 0 Å². The molecule has 0 saturated carbocycles. The van der Waals surface area contributed by atoms with Crippen LogP contribution in [0.5, 0.6) is 0 Å². The fraction of sp³-hybridized carbons (Fsp3) is 0. The topological polar surface area (TPSA) is 84.3 Å². The highest BCUT2D eigenvalue weighted by atomic mass is 16.6. The fourth-order valence-electron chi connectivity index (χ4n) is 2.81. The number of benzene rings is 2. The van der Waals surface area contributed by atoms with Crippen molar-refractivity contribution in [2.75, 3.05) is 10.6 Å². The van der Waals surface area contributed by atoms with Crippen LogP contribution in [0.4, 0.5) is 17.1 Å². The third-order valence-corrected chi connectivity index (χ3v) is 3.89. The molecule has 2 heterocycles. The van der Waals surface area contributed by atoms with Gasteiger partial charge in [0.25, 0.3) is 11.6 Å². The molecule has 2 aromatic carbocycles. The Balaban J connectivity index is 1.80. The lowest BCUT2D eigenvalue weighted by Crippen LogP contribution is -2.11. The average Bonchev–Trinajstić information content (AvgIpc) is 2.89. The maximum Gasteiger partial charge on any atom is 0.270 e. The third-order valence-electron chi connectivity index (χ3n) is 3.89. The van der Waals surface area contributed by atoms with Crippen LogP contribution in [0.15, 0.2) is 54.2 Å². The Morgan fingerprint density at radius 1 is 0.957 bits per heavy atom. The summed E-state index contributed by atoms with van der Waals surface area (Å²) >= 11 is 0. The van der Waals surface area contributed by atoms with Gasteiger partial charge in [0.15, 0.2) is 0 Å². The van der Waals surface area contributed by atoms with Gasteiger partial charge in [0, 0.05) is 34.6 Å². The van der Waals surface area contributed by atoms with Gasteiger partial charge >= 0.3 is 0 Å². The zero-order valence-corrected chi connectivity index (χ0v) is 11.9. The first-order chi connectivity index (χ1) is 11.1. The molecule has 2 aromatic rings. The number of hydrogen-bond donors (Lipinski definition) is 2. The van der Waals surface area contributed by atoms with Gasteiger partial charge in [0.05, 0.1) is 16.2 Å². The van der Waals surface area contributed by atoms with E-state index in [0.29, 0.717) is 11.3 Å². The van der Waals surface area contributed by atoms with Crippen molar-refractivity contribution in [3.8, 4) is 0 Å². The Bertz CT molecular complexity index is 928. The molecule has 0 aliphatic carbocycles. The highest BCUT2D eigenvalue weighted by molar-refractivity contribution is 6.33. The molecule has 6 nitrogen and oxygen atoms in total. The van der Waals surface area contributed by atoms with Crippen molar-refractivity contribution >= 4 is 34.6 Å². The molecule has 6 heteroatoms. The lowest BCUT2D eigenvalue weighted by Gasteiger charge is -2.17. The number of amides is 1. The van der Waals surface area contributed by atoms with Gasteiger partial charge in [-0.05, 0) is 18.2 Å². The van der Waals surface area contributed by atoms with E-state index >= 15 is 0 Å². The van der Waals surface area contributed by atoms with Crippen LogP contribution in [0, 0.1) is 10.1 Å². The Kier molecular flexibility index (Phi) is 2.77. The Morgan fingerprint density at radius 2 is 1.78 bits per heavy atom. The lowest BCUT2D eigenvalue weighted by atomic mass is 10.0. The second kappa shape index (κ2) is 4.81. The van der Waals surface area contributed by atoms with Crippen LogP contribution in [0.25, 0.3) is 11.6 Å². The number of hydrogen-bond acceptors (Lipinski definition) is 4.